The van der Waals surface area contributed by atoms with E-state index in [-0.39, 0.29) is 27.2 Å². The number of rotatable bonds is 5. The van der Waals surface area contributed by atoms with Crippen molar-refractivity contribution in [1.82, 2.24) is 15.0 Å². The summed E-state index contributed by atoms with van der Waals surface area (Å²) in [6.07, 6.45) is -9.74. The lowest BCUT2D eigenvalue weighted by Crippen LogP contribution is -2.31. The molecule has 1 amide bonds. The first-order valence-corrected chi connectivity index (χ1v) is 9.24. The van der Waals surface area contributed by atoms with Crippen molar-refractivity contribution in [3.63, 3.8) is 0 Å². The minimum absolute atomic E-state index is 0.0887. The Morgan fingerprint density at radius 2 is 1.85 bits per heavy atom. The van der Waals surface area contributed by atoms with Gasteiger partial charge in [-0.15, -0.1) is 13.2 Å². The van der Waals surface area contributed by atoms with Gasteiger partial charge in [0.15, 0.2) is 0 Å². The first kappa shape index (κ1) is 24.1. The number of ether oxygens (including phenoxy) is 1. The molecule has 14 heteroatoms. The molecule has 0 aliphatic heterocycles. The molecule has 0 radical (unpaired) electrons. The van der Waals surface area contributed by atoms with E-state index in [2.05, 4.69) is 14.9 Å². The number of hydrogen-bond donors (Lipinski definition) is 1. The van der Waals surface area contributed by atoms with Gasteiger partial charge >= 0.3 is 12.5 Å². The Morgan fingerprint density at radius 1 is 1.18 bits per heavy atom. The third-order valence-corrected chi connectivity index (χ3v) is 4.89. The van der Waals surface area contributed by atoms with Gasteiger partial charge in [-0.3, -0.25) is 4.79 Å². The summed E-state index contributed by atoms with van der Waals surface area (Å²) in [6.45, 7) is 0.800. The fourth-order valence-electron chi connectivity index (χ4n) is 3.11. The molecule has 1 heterocycles. The molecule has 2 N–H and O–H groups in total. The van der Waals surface area contributed by atoms with Crippen LogP contribution in [0.1, 0.15) is 28.4 Å². The normalized spacial score (nSPS) is 14.0. The second-order valence-electron chi connectivity index (χ2n) is 7.12. The quantitative estimate of drug-likeness (QED) is 0.526. The molecular formula is C19H12ClF6N5O2. The standard InChI is InChI=1S/C19H12ClF6N5O2/c1-17(7-27,12-6-10(33-19(24,25)26)2-3-11(12)16(28)32)8-31-29-14-5-9(18(21,22)23)4-13(20)15(14)30-31/h2-6H,8H2,1H3,(H2,28,32). The van der Waals surface area contributed by atoms with Crippen molar-refractivity contribution in [2.24, 2.45) is 5.73 Å². The highest BCUT2D eigenvalue weighted by Crippen LogP contribution is 2.36. The van der Waals surface area contributed by atoms with Crippen molar-refractivity contribution < 1.29 is 35.9 Å². The molecule has 0 saturated heterocycles. The van der Waals surface area contributed by atoms with Crippen molar-refractivity contribution in [2.45, 2.75) is 31.4 Å². The number of nitrogens with two attached hydrogens (primary N) is 1. The largest absolute Gasteiger partial charge is 0.573 e. The van der Waals surface area contributed by atoms with E-state index >= 15 is 0 Å². The fraction of sp³-hybridized carbons (Fsp3) is 0.263. The highest BCUT2D eigenvalue weighted by atomic mass is 35.5. The predicted molar refractivity (Wildman–Crippen MR) is 102 cm³/mol. The molecule has 0 saturated carbocycles. The Hall–Kier alpha value is -3.53. The van der Waals surface area contributed by atoms with E-state index in [1.54, 1.807) is 0 Å². The maximum absolute atomic E-state index is 13.0. The summed E-state index contributed by atoms with van der Waals surface area (Å²) in [7, 11) is 0. The number of nitrogens with zero attached hydrogens (tertiary/aromatic N) is 4. The number of amides is 1. The third-order valence-electron chi connectivity index (χ3n) is 4.60. The van der Waals surface area contributed by atoms with Crippen molar-refractivity contribution in [2.75, 3.05) is 0 Å². The van der Waals surface area contributed by atoms with Crippen LogP contribution in [0.3, 0.4) is 0 Å². The fourth-order valence-corrected chi connectivity index (χ4v) is 3.36. The van der Waals surface area contributed by atoms with E-state index in [0.717, 1.165) is 23.0 Å². The zero-order valence-electron chi connectivity index (χ0n) is 16.4. The number of carbonyl (C=O) groups excluding carboxylic acids is 1. The molecule has 2 aromatic carbocycles. The summed E-state index contributed by atoms with van der Waals surface area (Å²) >= 11 is 5.89. The number of fused-ring (bicyclic) bond motifs is 1. The van der Waals surface area contributed by atoms with Crippen molar-refractivity contribution in [1.29, 1.82) is 5.26 Å². The molecule has 1 unspecified atom stereocenters. The average Bonchev–Trinajstić information content (AvgIpc) is 3.08. The smallest absolute Gasteiger partial charge is 0.406 e. The summed E-state index contributed by atoms with van der Waals surface area (Å²) in [5, 5.41) is 17.3. The topological polar surface area (TPSA) is 107 Å². The summed E-state index contributed by atoms with van der Waals surface area (Å²) in [5.74, 6) is -1.73. The summed E-state index contributed by atoms with van der Waals surface area (Å²) in [4.78, 5) is 12.7. The molecule has 1 atom stereocenters. The lowest BCUT2D eigenvalue weighted by atomic mass is 9.81. The van der Waals surface area contributed by atoms with Crippen molar-refractivity contribution in [3.8, 4) is 11.8 Å². The first-order valence-electron chi connectivity index (χ1n) is 8.86. The minimum Gasteiger partial charge on any atom is -0.406 e. The molecule has 0 aliphatic carbocycles. The van der Waals surface area contributed by atoms with Gasteiger partial charge < -0.3 is 10.5 Å². The lowest BCUT2D eigenvalue weighted by molar-refractivity contribution is -0.274. The Morgan fingerprint density at radius 3 is 2.39 bits per heavy atom. The van der Waals surface area contributed by atoms with E-state index in [1.165, 1.54) is 6.92 Å². The van der Waals surface area contributed by atoms with Gasteiger partial charge in [-0.25, -0.2) is 0 Å². The molecule has 0 fully saturated rings. The van der Waals surface area contributed by atoms with Crippen LogP contribution in [-0.2, 0) is 18.1 Å². The van der Waals surface area contributed by atoms with E-state index in [4.69, 9.17) is 17.3 Å². The maximum Gasteiger partial charge on any atom is 0.573 e. The summed E-state index contributed by atoms with van der Waals surface area (Å²) in [6, 6.07) is 5.89. The van der Waals surface area contributed by atoms with Crippen LogP contribution in [0, 0.1) is 11.3 Å². The van der Waals surface area contributed by atoms with E-state index in [0.29, 0.717) is 12.1 Å². The highest BCUT2D eigenvalue weighted by molar-refractivity contribution is 6.35. The molecular weight excluding hydrogens is 480 g/mol. The van der Waals surface area contributed by atoms with Crippen LogP contribution in [-0.4, -0.2) is 27.3 Å². The average molecular weight is 492 g/mol. The monoisotopic (exact) mass is 491 g/mol. The second kappa shape index (κ2) is 8.11. The zero-order chi connectivity index (χ0) is 24.8. The number of alkyl halides is 6. The SMILES string of the molecule is CC(C#N)(Cn1nc2cc(C(F)(F)F)cc(Cl)c2n1)c1cc(OC(F)(F)F)ccc1C(N)=O. The molecule has 33 heavy (non-hydrogen) atoms. The predicted octanol–water partition coefficient (Wildman–Crippen LogP) is 4.58. The minimum atomic E-state index is -5.04. The molecule has 7 nitrogen and oxygen atoms in total. The van der Waals surface area contributed by atoms with Gasteiger partial charge in [0.1, 0.15) is 22.2 Å². The van der Waals surface area contributed by atoms with Gasteiger partial charge in [0.25, 0.3) is 0 Å². The van der Waals surface area contributed by atoms with Crippen molar-refractivity contribution in [3.05, 3.63) is 52.0 Å². The van der Waals surface area contributed by atoms with E-state index in [9.17, 15) is 36.4 Å². The van der Waals surface area contributed by atoms with Crippen LogP contribution in [0.2, 0.25) is 5.02 Å². The van der Waals surface area contributed by atoms with Crippen LogP contribution in [0.15, 0.2) is 30.3 Å². The molecule has 0 aliphatic rings. The number of benzene rings is 2. The number of nitriles is 1. The highest BCUT2D eigenvalue weighted by Gasteiger charge is 2.36. The van der Waals surface area contributed by atoms with Gasteiger partial charge in [0.2, 0.25) is 5.91 Å². The molecule has 174 valence electrons. The van der Waals surface area contributed by atoms with Crippen LogP contribution < -0.4 is 10.5 Å². The number of primary amides is 1. The molecule has 3 rings (SSSR count). The van der Waals surface area contributed by atoms with Crippen LogP contribution in [0.25, 0.3) is 11.0 Å². The van der Waals surface area contributed by atoms with Gasteiger partial charge in [0, 0.05) is 5.56 Å². The Bertz CT molecular complexity index is 1280. The van der Waals surface area contributed by atoms with Gasteiger partial charge in [-0.05, 0) is 42.8 Å². The molecule has 3 aromatic rings. The molecule has 0 spiro atoms. The lowest BCUT2D eigenvalue weighted by Gasteiger charge is -2.24. The van der Waals surface area contributed by atoms with Gasteiger partial charge in [0.05, 0.1) is 23.2 Å². The second-order valence-corrected chi connectivity index (χ2v) is 7.52. The number of halogens is 7. The van der Waals surface area contributed by atoms with E-state index < -0.39 is 41.7 Å². The Kier molecular flexibility index (Phi) is 5.93. The van der Waals surface area contributed by atoms with Crippen molar-refractivity contribution >= 4 is 28.5 Å². The maximum atomic E-state index is 13.0. The third kappa shape index (κ3) is 5.11. The summed E-state index contributed by atoms with van der Waals surface area (Å²) < 4.78 is 80.9. The van der Waals surface area contributed by atoms with E-state index in [1.807, 2.05) is 6.07 Å². The van der Waals surface area contributed by atoms with Gasteiger partial charge in [-0.2, -0.15) is 33.4 Å². The van der Waals surface area contributed by atoms with Gasteiger partial charge in [-0.1, -0.05) is 11.6 Å². The Balaban J connectivity index is 2.09. The van der Waals surface area contributed by atoms with Crippen LogP contribution in [0.5, 0.6) is 5.75 Å². The number of carbonyl (C=O) groups is 1. The number of aromatic nitrogens is 3. The molecule has 0 bridgehead atoms. The van der Waals surface area contributed by atoms with Crippen LogP contribution >= 0.6 is 11.6 Å². The zero-order valence-corrected chi connectivity index (χ0v) is 17.2. The Labute approximate surface area is 186 Å². The molecule has 1 aromatic heterocycles. The van der Waals surface area contributed by atoms with Crippen LogP contribution in [0.4, 0.5) is 26.3 Å². The number of hydrogen-bond acceptors (Lipinski definition) is 5. The first-order chi connectivity index (χ1) is 15.1. The summed E-state index contributed by atoms with van der Waals surface area (Å²) in [5.41, 5.74) is 1.70.